The van der Waals surface area contributed by atoms with Crippen molar-refractivity contribution in [2.75, 3.05) is 0 Å². The maximum absolute atomic E-state index is 10.2. The first kappa shape index (κ1) is 25.3. The molecule has 0 saturated heterocycles. The number of hydrogen-bond donors (Lipinski definition) is 1. The number of allylic oxidation sites excluding steroid dienone is 1. The molecule has 0 aliphatic heterocycles. The molecule has 0 aromatic rings. The monoisotopic (exact) mass is 432 g/mol. The first-order valence-corrected chi connectivity index (χ1v) is 13.6. The van der Waals surface area contributed by atoms with Gasteiger partial charge in [-0.3, -0.25) is 0 Å². The van der Waals surface area contributed by atoms with Crippen molar-refractivity contribution >= 4 is 0 Å². The summed E-state index contributed by atoms with van der Waals surface area (Å²) in [6.45, 7) is 15.1. The lowest BCUT2D eigenvalue weighted by atomic mass is 9.47. The van der Waals surface area contributed by atoms with Crippen LogP contribution in [0.4, 0.5) is 0 Å². The molecule has 0 bridgehead atoms. The standard InChI is InChI=1S/C29H50O.H2O/c1-7-21(19(2)3)9-8-20(4)25-12-13-26-24-11-10-22-18-23(30)14-16-28(22,5)27(24)15-17-29(25,26)6;/h10,19-21,23-27,30H,7-9,11-18H2,1-6H3;1H2/t20-,21-,23?,24+,25-,26+,27+,28+,29-;/m1./s1. The topological polar surface area (TPSA) is 51.7 Å². The largest absolute Gasteiger partial charge is 0.412 e. The Morgan fingerprint density at radius 1 is 1.00 bits per heavy atom. The molecule has 1 unspecified atom stereocenters. The first-order chi connectivity index (χ1) is 14.2. The summed E-state index contributed by atoms with van der Waals surface area (Å²) in [5.74, 6) is 6.31. The molecular weight excluding hydrogens is 380 g/mol. The van der Waals surface area contributed by atoms with Gasteiger partial charge in [0.2, 0.25) is 0 Å². The maximum atomic E-state index is 10.2. The molecule has 3 N–H and O–H groups in total. The van der Waals surface area contributed by atoms with Crippen LogP contribution >= 0.6 is 0 Å². The summed E-state index contributed by atoms with van der Waals surface area (Å²) >= 11 is 0. The molecule has 4 rings (SSSR count). The van der Waals surface area contributed by atoms with Crippen LogP contribution in [0, 0.1) is 52.3 Å². The third-order valence-corrected chi connectivity index (χ3v) is 11.3. The zero-order valence-electron chi connectivity index (χ0n) is 21.4. The van der Waals surface area contributed by atoms with E-state index in [9.17, 15) is 5.11 Å². The van der Waals surface area contributed by atoms with Crippen LogP contribution in [0.1, 0.15) is 112 Å². The minimum atomic E-state index is -0.0794. The fraction of sp³-hybridized carbons (Fsp3) is 0.931. The number of fused-ring (bicyclic) bond motifs is 5. The van der Waals surface area contributed by atoms with Gasteiger partial charge in [-0.25, -0.2) is 0 Å². The van der Waals surface area contributed by atoms with Crippen molar-refractivity contribution < 1.29 is 10.6 Å². The lowest BCUT2D eigenvalue weighted by molar-refractivity contribution is -0.0575. The van der Waals surface area contributed by atoms with E-state index in [1.165, 1.54) is 57.8 Å². The average Bonchev–Trinajstić information content (AvgIpc) is 3.06. The van der Waals surface area contributed by atoms with Gasteiger partial charge in [-0.15, -0.1) is 0 Å². The fourth-order valence-electron chi connectivity index (χ4n) is 9.30. The average molecular weight is 433 g/mol. The lowest BCUT2D eigenvalue weighted by Gasteiger charge is -2.58. The van der Waals surface area contributed by atoms with Gasteiger partial charge in [-0.05, 0) is 110 Å². The molecule has 4 aliphatic rings. The predicted octanol–water partition coefficient (Wildman–Crippen LogP) is 7.20. The molecular formula is C29H52O2. The summed E-state index contributed by atoms with van der Waals surface area (Å²) in [5, 5.41) is 10.2. The van der Waals surface area contributed by atoms with Gasteiger partial charge >= 0.3 is 0 Å². The van der Waals surface area contributed by atoms with Crippen LogP contribution in [0.5, 0.6) is 0 Å². The van der Waals surface area contributed by atoms with Crippen LogP contribution in [-0.4, -0.2) is 16.7 Å². The Morgan fingerprint density at radius 2 is 1.74 bits per heavy atom. The van der Waals surface area contributed by atoms with E-state index in [0.717, 1.165) is 54.3 Å². The lowest BCUT2D eigenvalue weighted by Crippen LogP contribution is -2.50. The molecule has 2 nitrogen and oxygen atoms in total. The van der Waals surface area contributed by atoms with Gasteiger partial charge in [0.15, 0.2) is 0 Å². The van der Waals surface area contributed by atoms with Crippen LogP contribution in [0.3, 0.4) is 0 Å². The quantitative estimate of drug-likeness (QED) is 0.443. The van der Waals surface area contributed by atoms with E-state index in [-0.39, 0.29) is 11.6 Å². The predicted molar refractivity (Wildman–Crippen MR) is 132 cm³/mol. The number of hydrogen-bond acceptors (Lipinski definition) is 1. The van der Waals surface area contributed by atoms with E-state index in [4.69, 9.17) is 0 Å². The van der Waals surface area contributed by atoms with E-state index >= 15 is 0 Å². The Bertz CT molecular complexity index is 639. The van der Waals surface area contributed by atoms with E-state index in [0.29, 0.717) is 10.8 Å². The van der Waals surface area contributed by atoms with Crippen LogP contribution in [0.15, 0.2) is 11.6 Å². The minimum absolute atomic E-state index is 0. The molecule has 0 spiro atoms. The highest BCUT2D eigenvalue weighted by Crippen LogP contribution is 2.67. The Labute approximate surface area is 193 Å². The van der Waals surface area contributed by atoms with Gasteiger partial charge in [0.1, 0.15) is 0 Å². The van der Waals surface area contributed by atoms with Crippen molar-refractivity contribution in [3.05, 3.63) is 11.6 Å². The summed E-state index contributed by atoms with van der Waals surface area (Å²) in [6.07, 6.45) is 17.1. The van der Waals surface area contributed by atoms with Crippen molar-refractivity contribution in [3.63, 3.8) is 0 Å². The van der Waals surface area contributed by atoms with Gasteiger partial charge in [0, 0.05) is 0 Å². The number of aliphatic hydroxyl groups is 1. The molecule has 4 aliphatic carbocycles. The molecule has 3 saturated carbocycles. The maximum Gasteiger partial charge on any atom is 0.0577 e. The molecule has 31 heavy (non-hydrogen) atoms. The highest BCUT2D eigenvalue weighted by molar-refractivity contribution is 5.25. The van der Waals surface area contributed by atoms with E-state index in [2.05, 4.69) is 47.6 Å². The fourth-order valence-corrected chi connectivity index (χ4v) is 9.30. The minimum Gasteiger partial charge on any atom is -0.412 e. The van der Waals surface area contributed by atoms with E-state index in [1.807, 2.05) is 0 Å². The molecule has 0 aromatic carbocycles. The van der Waals surface area contributed by atoms with Gasteiger partial charge in [0.25, 0.3) is 0 Å². The number of rotatable bonds is 6. The van der Waals surface area contributed by atoms with E-state index < -0.39 is 0 Å². The molecule has 0 aromatic heterocycles. The summed E-state index contributed by atoms with van der Waals surface area (Å²) in [6, 6.07) is 0. The third kappa shape index (κ3) is 4.30. The smallest absolute Gasteiger partial charge is 0.0577 e. The Morgan fingerprint density at radius 3 is 2.42 bits per heavy atom. The Balaban J connectivity index is 0.00000272. The van der Waals surface area contributed by atoms with Gasteiger partial charge in [-0.1, -0.05) is 66.0 Å². The van der Waals surface area contributed by atoms with Crippen molar-refractivity contribution in [2.24, 2.45) is 52.3 Å². The SMILES string of the molecule is CC[C@H](CC[C@@H](C)[C@H]1CC[C@H]2[C@@H]3CC=C4CC(O)CC[C@]4(C)[C@H]3CC[C@]12C)C(C)C.O. The summed E-state index contributed by atoms with van der Waals surface area (Å²) in [7, 11) is 0. The zero-order chi connectivity index (χ0) is 21.7. The van der Waals surface area contributed by atoms with E-state index in [1.54, 1.807) is 5.57 Å². The summed E-state index contributed by atoms with van der Waals surface area (Å²) in [4.78, 5) is 0. The van der Waals surface area contributed by atoms with Crippen LogP contribution < -0.4 is 0 Å². The highest BCUT2D eigenvalue weighted by atomic mass is 16.3. The van der Waals surface area contributed by atoms with Crippen LogP contribution in [-0.2, 0) is 0 Å². The van der Waals surface area contributed by atoms with Gasteiger partial charge in [0.05, 0.1) is 6.10 Å². The Hall–Kier alpha value is -0.340. The highest BCUT2D eigenvalue weighted by Gasteiger charge is 2.59. The molecule has 0 heterocycles. The van der Waals surface area contributed by atoms with Crippen molar-refractivity contribution in [2.45, 2.75) is 118 Å². The van der Waals surface area contributed by atoms with Crippen LogP contribution in [0.2, 0.25) is 0 Å². The first-order valence-electron chi connectivity index (χ1n) is 13.6. The van der Waals surface area contributed by atoms with Crippen LogP contribution in [0.25, 0.3) is 0 Å². The van der Waals surface area contributed by atoms with Gasteiger partial charge < -0.3 is 10.6 Å². The van der Waals surface area contributed by atoms with Crippen molar-refractivity contribution in [1.29, 1.82) is 0 Å². The summed E-state index contributed by atoms with van der Waals surface area (Å²) in [5.41, 5.74) is 2.59. The second-order valence-electron chi connectivity index (χ2n) is 12.9. The third-order valence-electron chi connectivity index (χ3n) is 11.3. The Kier molecular flexibility index (Phi) is 7.74. The molecule has 9 atom stereocenters. The molecule has 0 radical (unpaired) electrons. The summed E-state index contributed by atoms with van der Waals surface area (Å²) < 4.78 is 0. The zero-order valence-corrected chi connectivity index (χ0v) is 21.4. The molecule has 180 valence electrons. The second-order valence-corrected chi connectivity index (χ2v) is 12.9. The molecule has 3 fully saturated rings. The number of aliphatic hydroxyl groups excluding tert-OH is 1. The second kappa shape index (κ2) is 9.49. The van der Waals surface area contributed by atoms with Crippen molar-refractivity contribution in [1.82, 2.24) is 0 Å². The van der Waals surface area contributed by atoms with Gasteiger partial charge in [-0.2, -0.15) is 0 Å². The molecule has 0 amide bonds. The normalized spacial score (nSPS) is 43.9. The van der Waals surface area contributed by atoms with Crippen molar-refractivity contribution in [3.8, 4) is 0 Å². The molecule has 2 heteroatoms.